The topological polar surface area (TPSA) is 104 Å². The van der Waals surface area contributed by atoms with Gasteiger partial charge in [0.25, 0.3) is 0 Å². The van der Waals surface area contributed by atoms with E-state index in [1.54, 1.807) is 6.92 Å². The third kappa shape index (κ3) is 4.44. The van der Waals surface area contributed by atoms with Crippen LogP contribution < -0.4 is 5.32 Å². The molecule has 0 saturated carbocycles. The molecule has 0 aromatic carbocycles. The van der Waals surface area contributed by atoms with Crippen molar-refractivity contribution in [1.82, 2.24) is 5.32 Å². The van der Waals surface area contributed by atoms with Gasteiger partial charge < -0.3 is 15.5 Å². The number of carboxylic acid groups (broad SMARTS) is 2. The van der Waals surface area contributed by atoms with Gasteiger partial charge in [-0.2, -0.15) is 0 Å². The van der Waals surface area contributed by atoms with E-state index in [4.69, 9.17) is 10.2 Å². The van der Waals surface area contributed by atoms with Crippen LogP contribution in [0, 0.1) is 5.92 Å². The third-order valence-electron chi connectivity index (χ3n) is 1.88. The molecule has 14 heavy (non-hydrogen) atoms. The van der Waals surface area contributed by atoms with Crippen molar-refractivity contribution in [2.75, 3.05) is 0 Å². The fourth-order valence-electron chi connectivity index (χ4n) is 0.890. The minimum Gasteiger partial charge on any atom is -0.480 e. The first kappa shape index (κ1) is 12.4. The number of carbonyl (C=O) groups is 3. The summed E-state index contributed by atoms with van der Waals surface area (Å²) < 4.78 is 0. The fraction of sp³-hybridized carbons (Fsp3) is 0.625. The van der Waals surface area contributed by atoms with Crippen LogP contribution >= 0.6 is 0 Å². The molecular weight excluding hydrogens is 190 g/mol. The number of hydrogen-bond acceptors (Lipinski definition) is 3. The number of hydrogen-bond donors (Lipinski definition) is 3. The van der Waals surface area contributed by atoms with E-state index in [9.17, 15) is 14.4 Å². The molecule has 2 unspecified atom stereocenters. The molecule has 0 aliphatic heterocycles. The van der Waals surface area contributed by atoms with Gasteiger partial charge in [-0.05, 0) is 13.3 Å². The maximum absolute atomic E-state index is 10.8. The van der Waals surface area contributed by atoms with Crippen LogP contribution in [-0.2, 0) is 9.59 Å². The van der Waals surface area contributed by atoms with Crippen molar-refractivity contribution in [2.45, 2.75) is 26.3 Å². The van der Waals surface area contributed by atoms with Crippen molar-refractivity contribution in [2.24, 2.45) is 5.92 Å². The Hall–Kier alpha value is -1.59. The molecule has 0 aromatic heterocycles. The van der Waals surface area contributed by atoms with Crippen LogP contribution in [0.25, 0.3) is 0 Å². The van der Waals surface area contributed by atoms with Gasteiger partial charge in [0.15, 0.2) is 0 Å². The Labute approximate surface area is 80.9 Å². The predicted octanol–water partition coefficient (Wildman–Crippen LogP) is 0.322. The van der Waals surface area contributed by atoms with Crippen molar-refractivity contribution >= 4 is 17.8 Å². The highest BCUT2D eigenvalue weighted by Gasteiger charge is 2.23. The number of aliphatic carboxylic acids is 1. The largest absolute Gasteiger partial charge is 0.480 e. The van der Waals surface area contributed by atoms with E-state index in [-0.39, 0.29) is 12.2 Å². The summed E-state index contributed by atoms with van der Waals surface area (Å²) in [5.74, 6) is -1.91. The molecule has 0 aliphatic carbocycles. The number of carbonyl (C=O) groups excluding carboxylic acids is 1. The van der Waals surface area contributed by atoms with Gasteiger partial charge in [0.05, 0.1) is 0 Å². The first-order valence-electron chi connectivity index (χ1n) is 4.07. The molecule has 0 saturated heterocycles. The van der Waals surface area contributed by atoms with Gasteiger partial charge in [-0.3, -0.25) is 4.79 Å². The van der Waals surface area contributed by atoms with E-state index in [0.717, 1.165) is 0 Å². The molecule has 0 radical (unpaired) electrons. The zero-order chi connectivity index (χ0) is 11.3. The molecule has 1 amide bonds. The Morgan fingerprint density at radius 3 is 2.07 bits per heavy atom. The maximum Gasteiger partial charge on any atom is 0.405 e. The molecule has 0 rings (SSSR count). The number of rotatable bonds is 5. The molecule has 0 aromatic rings. The average molecular weight is 203 g/mol. The molecule has 3 N–H and O–H groups in total. The van der Waals surface area contributed by atoms with Gasteiger partial charge >= 0.3 is 12.1 Å². The molecular formula is C8H13NO5. The van der Waals surface area contributed by atoms with Crippen molar-refractivity contribution in [3.63, 3.8) is 0 Å². The molecule has 2 atom stereocenters. The normalized spacial score (nSPS) is 14.1. The number of amides is 1. The lowest BCUT2D eigenvalue weighted by Crippen LogP contribution is -2.41. The van der Waals surface area contributed by atoms with E-state index in [0.29, 0.717) is 0 Å². The summed E-state index contributed by atoms with van der Waals surface area (Å²) in [4.78, 5) is 31.6. The second-order valence-corrected chi connectivity index (χ2v) is 3.09. The highest BCUT2D eigenvalue weighted by molar-refractivity contribution is 5.82. The van der Waals surface area contributed by atoms with E-state index in [2.05, 4.69) is 0 Å². The lowest BCUT2D eigenvalue weighted by Gasteiger charge is -2.15. The summed E-state index contributed by atoms with van der Waals surface area (Å²) in [5.41, 5.74) is 0. The molecule has 0 spiro atoms. The summed E-state index contributed by atoms with van der Waals surface area (Å²) in [6.07, 6.45) is -1.44. The summed E-state index contributed by atoms with van der Waals surface area (Å²) in [5, 5.41) is 18.8. The molecule has 0 aliphatic rings. The minimum atomic E-state index is -1.41. The second kappa shape index (κ2) is 5.21. The molecule has 6 nitrogen and oxygen atoms in total. The highest BCUT2D eigenvalue weighted by atomic mass is 16.4. The van der Waals surface area contributed by atoms with Crippen molar-refractivity contribution in [3.8, 4) is 0 Å². The predicted molar refractivity (Wildman–Crippen MR) is 47.0 cm³/mol. The lowest BCUT2D eigenvalue weighted by atomic mass is 9.98. The molecule has 0 fully saturated rings. The van der Waals surface area contributed by atoms with Gasteiger partial charge in [0, 0.05) is 5.92 Å². The fourth-order valence-corrected chi connectivity index (χ4v) is 0.890. The van der Waals surface area contributed by atoms with Crippen LogP contribution in [0.2, 0.25) is 0 Å². The summed E-state index contributed by atoms with van der Waals surface area (Å²) >= 11 is 0. The van der Waals surface area contributed by atoms with Crippen molar-refractivity contribution in [1.29, 1.82) is 0 Å². The van der Waals surface area contributed by atoms with Crippen LogP contribution in [0.15, 0.2) is 0 Å². The Morgan fingerprint density at radius 2 is 1.79 bits per heavy atom. The smallest absolute Gasteiger partial charge is 0.405 e. The standard InChI is InChI=1S/C8H13NO5/c1-4(5(2)10)3-6(7(11)12)9-8(13)14/h4,6,9H,3H2,1-2H3,(H,11,12)(H,13,14). The first-order chi connectivity index (χ1) is 6.34. The monoisotopic (exact) mass is 203 g/mol. The molecule has 0 heterocycles. The summed E-state index contributed by atoms with van der Waals surface area (Å²) in [6, 6.07) is -1.23. The SMILES string of the molecule is CC(=O)C(C)CC(NC(=O)O)C(=O)O. The van der Waals surface area contributed by atoms with Gasteiger partial charge in [-0.15, -0.1) is 0 Å². The Balaban J connectivity index is 4.30. The molecule has 80 valence electrons. The van der Waals surface area contributed by atoms with E-state index >= 15 is 0 Å². The Kier molecular flexibility index (Phi) is 4.62. The number of Topliss-reactive ketones (excluding diaryl/α,β-unsaturated/α-hetero) is 1. The van der Waals surface area contributed by atoms with Crippen molar-refractivity contribution < 1.29 is 24.6 Å². The van der Waals surface area contributed by atoms with Crippen LogP contribution in [0.3, 0.4) is 0 Å². The van der Waals surface area contributed by atoms with Crippen LogP contribution in [-0.4, -0.2) is 34.1 Å². The second-order valence-electron chi connectivity index (χ2n) is 3.09. The molecule has 0 bridgehead atoms. The van der Waals surface area contributed by atoms with Gasteiger partial charge in [-0.25, -0.2) is 9.59 Å². The van der Waals surface area contributed by atoms with Crippen LogP contribution in [0.4, 0.5) is 4.79 Å². The minimum absolute atomic E-state index is 0.0308. The van der Waals surface area contributed by atoms with Crippen LogP contribution in [0.1, 0.15) is 20.3 Å². The zero-order valence-electron chi connectivity index (χ0n) is 7.98. The molecule has 6 heteroatoms. The van der Waals surface area contributed by atoms with E-state index in [1.807, 2.05) is 5.32 Å². The Bertz CT molecular complexity index is 250. The quantitative estimate of drug-likeness (QED) is 0.597. The summed E-state index contributed by atoms with van der Waals surface area (Å²) in [7, 11) is 0. The van der Waals surface area contributed by atoms with Gasteiger partial charge in [0.2, 0.25) is 0 Å². The third-order valence-corrected chi connectivity index (χ3v) is 1.88. The number of carboxylic acids is 1. The maximum atomic E-state index is 10.8. The first-order valence-corrected chi connectivity index (χ1v) is 4.07. The average Bonchev–Trinajstić information content (AvgIpc) is 2.01. The lowest BCUT2D eigenvalue weighted by molar-refractivity contribution is -0.139. The highest BCUT2D eigenvalue weighted by Crippen LogP contribution is 2.07. The Morgan fingerprint density at radius 1 is 1.29 bits per heavy atom. The van der Waals surface area contributed by atoms with Gasteiger partial charge in [-0.1, -0.05) is 6.92 Å². The number of nitrogens with one attached hydrogen (secondary N) is 1. The zero-order valence-corrected chi connectivity index (χ0v) is 7.98. The van der Waals surface area contributed by atoms with Crippen LogP contribution in [0.5, 0.6) is 0 Å². The van der Waals surface area contributed by atoms with E-state index < -0.39 is 24.0 Å². The van der Waals surface area contributed by atoms with Gasteiger partial charge in [0.1, 0.15) is 11.8 Å². The summed E-state index contributed by atoms with van der Waals surface area (Å²) in [6.45, 7) is 2.89. The number of ketones is 1. The van der Waals surface area contributed by atoms with Crippen molar-refractivity contribution in [3.05, 3.63) is 0 Å². The van der Waals surface area contributed by atoms with E-state index in [1.165, 1.54) is 6.92 Å².